The number of amides is 1. The number of hydrogen-bond donors (Lipinski definition) is 1. The summed E-state index contributed by atoms with van der Waals surface area (Å²) in [7, 11) is -4.08. The van der Waals surface area contributed by atoms with Crippen molar-refractivity contribution in [2.75, 3.05) is 16.2 Å². The molecule has 0 radical (unpaired) electrons. The van der Waals surface area contributed by atoms with E-state index in [1.54, 1.807) is 30.3 Å². The molecule has 1 N–H and O–H groups in total. The summed E-state index contributed by atoms with van der Waals surface area (Å²) in [6, 6.07) is 17.7. The van der Waals surface area contributed by atoms with Crippen LogP contribution in [-0.2, 0) is 14.8 Å². The van der Waals surface area contributed by atoms with Crippen molar-refractivity contribution >= 4 is 50.5 Å². The van der Waals surface area contributed by atoms with Gasteiger partial charge in [0.05, 0.1) is 20.6 Å². The molecule has 0 heterocycles. The van der Waals surface area contributed by atoms with E-state index in [2.05, 4.69) is 5.32 Å². The van der Waals surface area contributed by atoms with Crippen LogP contribution in [0.3, 0.4) is 0 Å². The molecular weight excluding hydrogens is 438 g/mol. The summed E-state index contributed by atoms with van der Waals surface area (Å²) in [6.07, 6.45) is 0. The molecule has 0 saturated heterocycles. The lowest BCUT2D eigenvalue weighted by Gasteiger charge is -2.25. The van der Waals surface area contributed by atoms with Crippen molar-refractivity contribution in [3.63, 3.8) is 0 Å². The Labute approximate surface area is 177 Å². The van der Waals surface area contributed by atoms with Gasteiger partial charge in [-0.2, -0.15) is 0 Å². The zero-order valence-corrected chi connectivity index (χ0v) is 17.2. The van der Waals surface area contributed by atoms with E-state index in [1.807, 2.05) is 0 Å². The topological polar surface area (TPSA) is 66.5 Å². The Morgan fingerprint density at radius 2 is 1.59 bits per heavy atom. The number of carbonyl (C=O) groups is 1. The molecule has 0 aliphatic carbocycles. The van der Waals surface area contributed by atoms with Gasteiger partial charge >= 0.3 is 0 Å². The molecule has 3 aromatic rings. The lowest BCUT2D eigenvalue weighted by molar-refractivity contribution is -0.114. The van der Waals surface area contributed by atoms with E-state index >= 15 is 0 Å². The first kappa shape index (κ1) is 21.1. The van der Waals surface area contributed by atoms with Crippen LogP contribution in [0, 0.1) is 5.82 Å². The van der Waals surface area contributed by atoms with Crippen LogP contribution in [0.4, 0.5) is 15.8 Å². The number of nitrogens with zero attached hydrogens (tertiary/aromatic N) is 1. The van der Waals surface area contributed by atoms with E-state index in [-0.39, 0.29) is 26.3 Å². The molecule has 3 aromatic carbocycles. The van der Waals surface area contributed by atoms with E-state index in [1.165, 1.54) is 36.4 Å². The molecule has 0 aliphatic heterocycles. The number of rotatable bonds is 6. The summed E-state index contributed by atoms with van der Waals surface area (Å²) < 4.78 is 40.6. The van der Waals surface area contributed by atoms with Crippen molar-refractivity contribution in [1.82, 2.24) is 0 Å². The Kier molecular flexibility index (Phi) is 6.42. The van der Waals surface area contributed by atoms with Crippen molar-refractivity contribution in [3.8, 4) is 0 Å². The minimum absolute atomic E-state index is 0.0116. The Morgan fingerprint density at radius 3 is 2.24 bits per heavy atom. The van der Waals surface area contributed by atoms with E-state index < -0.39 is 28.3 Å². The molecule has 0 atom stereocenters. The number of para-hydroxylation sites is 1. The van der Waals surface area contributed by atoms with Gasteiger partial charge in [0.15, 0.2) is 0 Å². The van der Waals surface area contributed by atoms with E-state index in [9.17, 15) is 17.6 Å². The molecule has 0 aromatic heterocycles. The molecule has 0 spiro atoms. The summed E-state index contributed by atoms with van der Waals surface area (Å²) in [5, 5.41) is 2.52. The van der Waals surface area contributed by atoms with Crippen LogP contribution in [0.25, 0.3) is 0 Å². The average Bonchev–Trinajstić information content (AvgIpc) is 2.70. The second-order valence-electron chi connectivity index (χ2n) is 5.95. The van der Waals surface area contributed by atoms with Gasteiger partial charge in [-0.3, -0.25) is 9.10 Å². The van der Waals surface area contributed by atoms with Crippen LogP contribution in [0.5, 0.6) is 0 Å². The van der Waals surface area contributed by atoms with Gasteiger partial charge in [0, 0.05) is 5.69 Å². The highest BCUT2D eigenvalue weighted by Gasteiger charge is 2.28. The third-order valence-corrected chi connectivity index (χ3v) is 6.33. The lowest BCUT2D eigenvalue weighted by Crippen LogP contribution is -2.38. The molecule has 0 saturated carbocycles. The highest BCUT2D eigenvalue weighted by molar-refractivity contribution is 7.92. The molecule has 3 rings (SSSR count). The Balaban J connectivity index is 1.94. The van der Waals surface area contributed by atoms with Gasteiger partial charge in [-0.25, -0.2) is 12.8 Å². The smallest absolute Gasteiger partial charge is 0.264 e. The van der Waals surface area contributed by atoms with Crippen molar-refractivity contribution in [1.29, 1.82) is 0 Å². The molecule has 1 amide bonds. The van der Waals surface area contributed by atoms with Gasteiger partial charge in [-0.1, -0.05) is 53.5 Å². The standard InChI is InChI=1S/C20H15Cl2FN2O3S/c21-16-8-4-5-9-19(16)25(29(27,28)15-6-2-1-3-7-15)13-20(26)24-14-10-11-18(23)17(22)12-14/h1-12H,13H2,(H,24,26). The van der Waals surface area contributed by atoms with Gasteiger partial charge in [0.1, 0.15) is 12.4 Å². The van der Waals surface area contributed by atoms with Gasteiger partial charge in [-0.05, 0) is 42.5 Å². The first-order valence-electron chi connectivity index (χ1n) is 8.36. The number of carbonyl (C=O) groups excluding carboxylic acids is 1. The van der Waals surface area contributed by atoms with Crippen LogP contribution < -0.4 is 9.62 Å². The molecule has 0 unspecified atom stereocenters. The van der Waals surface area contributed by atoms with Gasteiger partial charge in [0.2, 0.25) is 5.91 Å². The maximum Gasteiger partial charge on any atom is 0.264 e. The summed E-state index contributed by atoms with van der Waals surface area (Å²) >= 11 is 11.9. The van der Waals surface area contributed by atoms with Crippen molar-refractivity contribution in [3.05, 3.63) is 88.7 Å². The van der Waals surface area contributed by atoms with Crippen LogP contribution in [0.2, 0.25) is 10.0 Å². The van der Waals surface area contributed by atoms with Crippen LogP contribution in [0.15, 0.2) is 77.7 Å². The first-order chi connectivity index (χ1) is 13.8. The molecule has 0 aliphatic rings. The molecule has 150 valence electrons. The number of halogens is 3. The Bertz CT molecular complexity index is 1140. The molecule has 5 nitrogen and oxygen atoms in total. The lowest BCUT2D eigenvalue weighted by atomic mass is 10.3. The molecule has 0 fully saturated rings. The van der Waals surface area contributed by atoms with E-state index in [4.69, 9.17) is 23.2 Å². The zero-order chi connectivity index (χ0) is 21.0. The monoisotopic (exact) mass is 452 g/mol. The molecule has 0 bridgehead atoms. The van der Waals surface area contributed by atoms with Gasteiger partial charge in [0.25, 0.3) is 10.0 Å². The number of hydrogen-bond acceptors (Lipinski definition) is 3. The maximum absolute atomic E-state index is 13.3. The van der Waals surface area contributed by atoms with Crippen molar-refractivity contribution < 1.29 is 17.6 Å². The maximum atomic E-state index is 13.3. The van der Waals surface area contributed by atoms with E-state index in [0.29, 0.717) is 0 Å². The van der Waals surface area contributed by atoms with E-state index in [0.717, 1.165) is 10.4 Å². The summed E-state index contributed by atoms with van der Waals surface area (Å²) in [4.78, 5) is 12.6. The normalized spacial score (nSPS) is 11.1. The first-order valence-corrected chi connectivity index (χ1v) is 10.6. The summed E-state index contributed by atoms with van der Waals surface area (Å²) in [5.74, 6) is -1.28. The Morgan fingerprint density at radius 1 is 0.931 bits per heavy atom. The molecule has 9 heteroatoms. The SMILES string of the molecule is O=C(CN(c1ccccc1Cl)S(=O)(=O)c1ccccc1)Nc1ccc(F)c(Cl)c1. The largest absolute Gasteiger partial charge is 0.324 e. The van der Waals surface area contributed by atoms with Gasteiger partial charge in [-0.15, -0.1) is 0 Å². The van der Waals surface area contributed by atoms with Crippen molar-refractivity contribution in [2.24, 2.45) is 0 Å². The fourth-order valence-corrected chi connectivity index (χ4v) is 4.51. The quantitative estimate of drug-likeness (QED) is 0.574. The minimum atomic E-state index is -4.08. The third-order valence-electron chi connectivity index (χ3n) is 3.94. The highest BCUT2D eigenvalue weighted by Crippen LogP contribution is 2.30. The van der Waals surface area contributed by atoms with Crippen LogP contribution >= 0.6 is 23.2 Å². The molecule has 29 heavy (non-hydrogen) atoms. The second kappa shape index (κ2) is 8.82. The van der Waals surface area contributed by atoms with Crippen molar-refractivity contribution in [2.45, 2.75) is 4.90 Å². The van der Waals surface area contributed by atoms with Gasteiger partial charge < -0.3 is 5.32 Å². The summed E-state index contributed by atoms with van der Waals surface area (Å²) in [6.45, 7) is -0.546. The second-order valence-corrected chi connectivity index (χ2v) is 8.63. The zero-order valence-electron chi connectivity index (χ0n) is 14.8. The number of anilines is 2. The Hall–Kier alpha value is -2.61. The minimum Gasteiger partial charge on any atom is -0.324 e. The number of sulfonamides is 1. The average molecular weight is 453 g/mol. The summed E-state index contributed by atoms with van der Waals surface area (Å²) in [5.41, 5.74) is 0.392. The molecular formula is C20H15Cl2FN2O3S. The predicted octanol–water partition coefficient (Wildman–Crippen LogP) is 4.97. The fourth-order valence-electron chi connectivity index (χ4n) is 2.58. The number of benzene rings is 3. The van der Waals surface area contributed by atoms with Crippen LogP contribution in [-0.4, -0.2) is 20.9 Å². The van der Waals surface area contributed by atoms with Crippen LogP contribution in [0.1, 0.15) is 0 Å². The predicted molar refractivity (Wildman–Crippen MR) is 112 cm³/mol. The fraction of sp³-hybridized carbons (Fsp3) is 0.0500. The highest BCUT2D eigenvalue weighted by atomic mass is 35.5. The number of nitrogens with one attached hydrogen (secondary N) is 1. The third kappa shape index (κ3) is 4.87.